The Morgan fingerprint density at radius 2 is 0.809 bits per heavy atom. The maximum absolute atomic E-state index is 2.51. The van der Waals surface area contributed by atoms with E-state index in [0.29, 0.717) is 0 Å². The molecule has 0 aromatic heterocycles. The van der Waals surface area contributed by atoms with Crippen molar-refractivity contribution >= 4 is 53.9 Å². The molecule has 0 nitrogen and oxygen atoms in total. The van der Waals surface area contributed by atoms with Gasteiger partial charge in [0.05, 0.1) is 0 Å². The van der Waals surface area contributed by atoms with Crippen molar-refractivity contribution in [3.05, 3.63) is 264 Å². The maximum atomic E-state index is 2.51. The van der Waals surface area contributed by atoms with Gasteiger partial charge in [-0.25, -0.2) is 0 Å². The smallest absolute Gasteiger partial charge is 0.0159 e. The van der Waals surface area contributed by atoms with Crippen LogP contribution in [0, 0.1) is 0 Å². The molecule has 0 radical (unpaired) electrons. The standard InChI is InChI=1S/C68H50/c1-68(2)66-38-44(25-36-62(66)63-37-34-50(43-67(63)68)45-26-28-47(29-27-45)64-41-51-16-6-8-18-56(51)58-20-10-12-22-60(58)64)24-35-55(46-14-4-3-5-15-46)53-32-30-49-40-54(33-31-48(49)39-53)65-42-52-17-7-9-19-57(52)59-21-11-13-23-61(59)65/h3-23,25-34,36-43,55H,24,35H2,1-2H3. The van der Waals surface area contributed by atoms with Crippen molar-refractivity contribution < 1.29 is 0 Å². The van der Waals surface area contributed by atoms with Crippen molar-refractivity contribution in [1.29, 1.82) is 0 Å². The van der Waals surface area contributed by atoms with Crippen molar-refractivity contribution in [2.24, 2.45) is 0 Å². The third-order valence-corrected chi connectivity index (χ3v) is 15.3. The SMILES string of the molecule is CC1(C)c2cc(CCC(c3ccccc3)c3ccc4cc(-c5cc6ccccc6c6ccccc56)ccc4c3)ccc2-c2ccc(-c3ccc(-c4cc5ccccc5c5ccccc45)cc3)cc21. The highest BCUT2D eigenvalue weighted by Crippen LogP contribution is 2.50. The van der Waals surface area contributed by atoms with Crippen molar-refractivity contribution in [1.82, 2.24) is 0 Å². The normalized spacial score (nSPS) is 13.3. The lowest BCUT2D eigenvalue weighted by atomic mass is 9.80. The van der Waals surface area contributed by atoms with Crippen LogP contribution in [0.1, 0.15) is 54.0 Å². The summed E-state index contributed by atoms with van der Waals surface area (Å²) >= 11 is 0. The highest BCUT2D eigenvalue weighted by atomic mass is 14.4. The molecule has 1 aliphatic carbocycles. The molecule has 0 bridgehead atoms. The summed E-state index contributed by atoms with van der Waals surface area (Å²) in [7, 11) is 0. The summed E-state index contributed by atoms with van der Waals surface area (Å²) in [6.07, 6.45) is 2.02. The molecular weight excluding hydrogens is 817 g/mol. The minimum atomic E-state index is -0.115. The van der Waals surface area contributed by atoms with Gasteiger partial charge >= 0.3 is 0 Å². The zero-order valence-electron chi connectivity index (χ0n) is 38.5. The molecule has 0 saturated carbocycles. The molecule has 12 aromatic carbocycles. The van der Waals surface area contributed by atoms with Crippen LogP contribution >= 0.6 is 0 Å². The van der Waals surface area contributed by atoms with Crippen LogP contribution in [0.4, 0.5) is 0 Å². The fourth-order valence-corrected chi connectivity index (χ4v) is 11.7. The van der Waals surface area contributed by atoms with Crippen LogP contribution in [-0.4, -0.2) is 0 Å². The lowest BCUT2D eigenvalue weighted by Gasteiger charge is -2.23. The first-order valence-electron chi connectivity index (χ1n) is 24.2. The van der Waals surface area contributed by atoms with Crippen LogP contribution in [0.2, 0.25) is 0 Å². The summed E-state index contributed by atoms with van der Waals surface area (Å²) in [4.78, 5) is 0. The summed E-state index contributed by atoms with van der Waals surface area (Å²) in [5.74, 6) is 0.275. The fraction of sp³-hybridized carbons (Fsp3) is 0.0882. The van der Waals surface area contributed by atoms with E-state index in [1.165, 1.54) is 126 Å². The molecule has 0 spiro atoms. The molecule has 0 fully saturated rings. The molecule has 322 valence electrons. The van der Waals surface area contributed by atoms with E-state index in [1.54, 1.807) is 0 Å². The van der Waals surface area contributed by atoms with E-state index in [0.717, 1.165) is 12.8 Å². The van der Waals surface area contributed by atoms with Gasteiger partial charge in [0.1, 0.15) is 0 Å². The fourth-order valence-electron chi connectivity index (χ4n) is 11.7. The summed E-state index contributed by atoms with van der Waals surface area (Å²) in [6.45, 7) is 4.82. The third kappa shape index (κ3) is 6.74. The molecule has 0 heteroatoms. The Morgan fingerprint density at radius 1 is 0.309 bits per heavy atom. The third-order valence-electron chi connectivity index (χ3n) is 15.3. The van der Waals surface area contributed by atoms with Gasteiger partial charge in [-0.2, -0.15) is 0 Å². The number of benzene rings is 12. The first-order valence-corrected chi connectivity index (χ1v) is 24.2. The highest BCUT2D eigenvalue weighted by Gasteiger charge is 2.36. The van der Waals surface area contributed by atoms with E-state index >= 15 is 0 Å². The lowest BCUT2D eigenvalue weighted by Crippen LogP contribution is -2.15. The summed E-state index contributed by atoms with van der Waals surface area (Å²) in [6, 6.07) is 88.8. The Kier molecular flexibility index (Phi) is 9.51. The van der Waals surface area contributed by atoms with Gasteiger partial charge in [-0.1, -0.05) is 226 Å². The van der Waals surface area contributed by atoms with Crippen LogP contribution in [0.25, 0.3) is 98.4 Å². The second-order valence-electron chi connectivity index (χ2n) is 19.5. The summed E-state index contributed by atoms with van der Waals surface area (Å²) in [5.41, 5.74) is 17.1. The Bertz CT molecular complexity index is 3930. The Balaban J connectivity index is 0.774. The van der Waals surface area contributed by atoms with Gasteiger partial charge in [0.25, 0.3) is 0 Å². The largest absolute Gasteiger partial charge is 0.0622 e. The van der Waals surface area contributed by atoms with Gasteiger partial charge in [-0.05, 0) is 163 Å². The van der Waals surface area contributed by atoms with Crippen LogP contribution in [-0.2, 0) is 11.8 Å². The molecule has 68 heavy (non-hydrogen) atoms. The number of rotatable bonds is 8. The predicted octanol–water partition coefficient (Wildman–Crippen LogP) is 18.5. The van der Waals surface area contributed by atoms with E-state index in [-0.39, 0.29) is 11.3 Å². The minimum Gasteiger partial charge on any atom is -0.0622 e. The summed E-state index contributed by atoms with van der Waals surface area (Å²) < 4.78 is 0. The van der Waals surface area contributed by atoms with Gasteiger partial charge < -0.3 is 0 Å². The summed E-state index contributed by atoms with van der Waals surface area (Å²) in [5, 5.41) is 12.9. The van der Waals surface area contributed by atoms with E-state index in [4.69, 9.17) is 0 Å². The lowest BCUT2D eigenvalue weighted by molar-refractivity contribution is 0.657. The maximum Gasteiger partial charge on any atom is 0.0159 e. The predicted molar refractivity (Wildman–Crippen MR) is 291 cm³/mol. The molecular formula is C68H50. The van der Waals surface area contributed by atoms with E-state index < -0.39 is 0 Å². The molecule has 0 aliphatic heterocycles. The molecule has 1 aliphatic rings. The van der Waals surface area contributed by atoms with Crippen LogP contribution in [0.3, 0.4) is 0 Å². The monoisotopic (exact) mass is 866 g/mol. The Hall–Kier alpha value is -8.06. The van der Waals surface area contributed by atoms with Gasteiger partial charge in [-0.15, -0.1) is 0 Å². The van der Waals surface area contributed by atoms with Gasteiger partial charge in [0.2, 0.25) is 0 Å². The highest BCUT2D eigenvalue weighted by molar-refractivity contribution is 6.15. The van der Waals surface area contributed by atoms with E-state index in [1.807, 2.05) is 0 Å². The molecule has 1 unspecified atom stereocenters. The molecule has 12 aromatic rings. The quantitative estimate of drug-likeness (QED) is 0.134. The molecule has 1 atom stereocenters. The number of hydrogen-bond donors (Lipinski definition) is 0. The average Bonchev–Trinajstić information content (AvgIpc) is 3.62. The van der Waals surface area contributed by atoms with E-state index in [9.17, 15) is 0 Å². The molecule has 13 rings (SSSR count). The molecule has 0 N–H and O–H groups in total. The molecule has 0 saturated heterocycles. The van der Waals surface area contributed by atoms with Crippen molar-refractivity contribution in [3.63, 3.8) is 0 Å². The zero-order valence-corrected chi connectivity index (χ0v) is 38.5. The van der Waals surface area contributed by atoms with Crippen molar-refractivity contribution in [2.75, 3.05) is 0 Å². The number of fused-ring (bicyclic) bond motifs is 10. The van der Waals surface area contributed by atoms with Gasteiger partial charge in [0.15, 0.2) is 0 Å². The Morgan fingerprint density at radius 3 is 1.49 bits per heavy atom. The van der Waals surface area contributed by atoms with Crippen LogP contribution in [0.15, 0.2) is 237 Å². The minimum absolute atomic E-state index is 0.115. The Labute approximate surface area is 398 Å². The second kappa shape index (κ2) is 16.1. The van der Waals surface area contributed by atoms with E-state index in [2.05, 4.69) is 250 Å². The molecule has 0 heterocycles. The molecule has 0 amide bonds. The van der Waals surface area contributed by atoms with Crippen LogP contribution < -0.4 is 0 Å². The van der Waals surface area contributed by atoms with Gasteiger partial charge in [0, 0.05) is 11.3 Å². The van der Waals surface area contributed by atoms with Crippen molar-refractivity contribution in [2.45, 2.75) is 38.0 Å². The van der Waals surface area contributed by atoms with Crippen LogP contribution in [0.5, 0.6) is 0 Å². The number of hydrogen-bond acceptors (Lipinski definition) is 0. The average molecular weight is 867 g/mol. The first-order chi connectivity index (χ1) is 33.4. The first kappa shape index (κ1) is 40.2. The zero-order chi connectivity index (χ0) is 45.3. The number of aryl methyl sites for hydroxylation is 1. The van der Waals surface area contributed by atoms with Gasteiger partial charge in [-0.3, -0.25) is 0 Å². The second-order valence-corrected chi connectivity index (χ2v) is 19.5. The van der Waals surface area contributed by atoms with Crippen molar-refractivity contribution in [3.8, 4) is 44.5 Å². The topological polar surface area (TPSA) is 0 Å².